The third kappa shape index (κ3) is 3.15. The Labute approximate surface area is 187 Å². The highest BCUT2D eigenvalue weighted by Crippen LogP contribution is 2.64. The Morgan fingerprint density at radius 3 is 2.42 bits per heavy atom. The number of carbonyl (C=O) groups excluding carboxylic acids is 1. The second kappa shape index (κ2) is 7.33. The van der Waals surface area contributed by atoms with Crippen LogP contribution in [0.2, 0.25) is 0 Å². The van der Waals surface area contributed by atoms with Crippen molar-refractivity contribution >= 4 is 11.5 Å². The number of allylic oxidation sites excluding steroid dienone is 4. The highest BCUT2D eigenvalue weighted by molar-refractivity contribution is 5.93. The maximum Gasteiger partial charge on any atom is 0.156 e. The molecular formula is C28H37NO2. The largest absolute Gasteiger partial charge is 0.393 e. The molecule has 3 nitrogen and oxygen atoms in total. The normalized spacial score (nSPS) is 34.8. The van der Waals surface area contributed by atoms with Crippen LogP contribution in [0, 0.1) is 31.1 Å². The molecule has 3 heteroatoms. The third-order valence-corrected chi connectivity index (χ3v) is 9.04. The summed E-state index contributed by atoms with van der Waals surface area (Å²) in [5.41, 5.74) is 9.80. The second-order valence-corrected chi connectivity index (χ2v) is 11.1. The molecule has 5 unspecified atom stereocenters. The van der Waals surface area contributed by atoms with E-state index in [0.29, 0.717) is 30.0 Å². The first-order chi connectivity index (χ1) is 14.7. The number of ketones is 1. The second-order valence-electron chi connectivity index (χ2n) is 11.1. The third-order valence-electron chi connectivity index (χ3n) is 9.04. The van der Waals surface area contributed by atoms with Gasteiger partial charge in [-0.25, -0.2) is 0 Å². The van der Waals surface area contributed by atoms with Crippen LogP contribution in [0.3, 0.4) is 0 Å². The molecule has 166 valence electrons. The van der Waals surface area contributed by atoms with Gasteiger partial charge in [0.2, 0.25) is 0 Å². The van der Waals surface area contributed by atoms with Crippen LogP contribution in [-0.2, 0) is 4.79 Å². The van der Waals surface area contributed by atoms with Crippen molar-refractivity contribution in [2.45, 2.75) is 77.7 Å². The fourth-order valence-corrected chi connectivity index (χ4v) is 7.83. The fraction of sp³-hybridized carbons (Fsp3) is 0.607. The first kappa shape index (κ1) is 21.0. The summed E-state index contributed by atoms with van der Waals surface area (Å²) in [5, 5.41) is 11.1. The standard InChI is InChI=1S/C28H37NO2/c1-16-12-19(13-17(2)27(16)29(4)5)23-15-28(3)24(10-11-25(28)31)22-8-6-18-14-20(30)7-9-21(18)26(22)23/h12-14,22-25,31H,6-11,15H2,1-5H3. The lowest BCUT2D eigenvalue weighted by atomic mass is 9.53. The van der Waals surface area contributed by atoms with Gasteiger partial charge in [-0.05, 0) is 104 Å². The first-order valence-electron chi connectivity index (χ1n) is 12.1. The Balaban J connectivity index is 1.69. The minimum atomic E-state index is -0.195. The van der Waals surface area contributed by atoms with Crippen molar-refractivity contribution < 1.29 is 9.90 Å². The monoisotopic (exact) mass is 419 g/mol. The van der Waals surface area contributed by atoms with Crippen LogP contribution in [0.15, 0.2) is 34.9 Å². The van der Waals surface area contributed by atoms with Crippen LogP contribution in [-0.4, -0.2) is 31.1 Å². The van der Waals surface area contributed by atoms with Gasteiger partial charge in [0, 0.05) is 32.1 Å². The Bertz CT molecular complexity index is 977. The average molecular weight is 420 g/mol. The number of hydrogen-bond acceptors (Lipinski definition) is 3. The van der Waals surface area contributed by atoms with Crippen molar-refractivity contribution in [3.63, 3.8) is 0 Å². The number of benzene rings is 1. The van der Waals surface area contributed by atoms with Crippen LogP contribution < -0.4 is 4.90 Å². The summed E-state index contributed by atoms with van der Waals surface area (Å²) < 4.78 is 0. The predicted octanol–water partition coefficient (Wildman–Crippen LogP) is 5.63. The van der Waals surface area contributed by atoms with E-state index in [-0.39, 0.29) is 11.5 Å². The molecular weight excluding hydrogens is 382 g/mol. The highest BCUT2D eigenvalue weighted by Gasteiger charge is 2.56. The molecule has 0 heterocycles. The van der Waals surface area contributed by atoms with E-state index in [0.717, 1.165) is 38.5 Å². The van der Waals surface area contributed by atoms with E-state index in [9.17, 15) is 9.90 Å². The molecule has 0 bridgehead atoms. The minimum Gasteiger partial charge on any atom is -0.393 e. The molecule has 1 N–H and O–H groups in total. The van der Waals surface area contributed by atoms with Crippen LogP contribution in [0.5, 0.6) is 0 Å². The van der Waals surface area contributed by atoms with Crippen LogP contribution in [0.4, 0.5) is 5.69 Å². The topological polar surface area (TPSA) is 40.5 Å². The summed E-state index contributed by atoms with van der Waals surface area (Å²) in [6.45, 7) is 6.81. The molecule has 2 fully saturated rings. The average Bonchev–Trinajstić information content (AvgIpc) is 3.00. The predicted molar refractivity (Wildman–Crippen MR) is 127 cm³/mol. The van der Waals surface area contributed by atoms with Crippen LogP contribution >= 0.6 is 0 Å². The van der Waals surface area contributed by atoms with Gasteiger partial charge in [-0.1, -0.05) is 24.6 Å². The van der Waals surface area contributed by atoms with Crippen LogP contribution in [0.1, 0.15) is 74.5 Å². The number of aliphatic hydroxyl groups excluding tert-OH is 1. The lowest BCUT2D eigenvalue weighted by molar-refractivity contribution is -0.114. The Morgan fingerprint density at radius 2 is 1.74 bits per heavy atom. The van der Waals surface area contributed by atoms with Gasteiger partial charge < -0.3 is 10.0 Å². The van der Waals surface area contributed by atoms with Crippen LogP contribution in [0.25, 0.3) is 0 Å². The van der Waals surface area contributed by atoms with Gasteiger partial charge >= 0.3 is 0 Å². The van der Waals surface area contributed by atoms with Gasteiger partial charge in [0.05, 0.1) is 6.10 Å². The molecule has 0 spiro atoms. The minimum absolute atomic E-state index is 0.00682. The lowest BCUT2D eigenvalue weighted by Gasteiger charge is -2.52. The number of nitrogens with zero attached hydrogens (tertiary/aromatic N) is 1. The van der Waals surface area contributed by atoms with E-state index < -0.39 is 0 Å². The molecule has 0 amide bonds. The van der Waals surface area contributed by atoms with Crippen molar-refractivity contribution in [2.75, 3.05) is 19.0 Å². The number of rotatable bonds is 2. The molecule has 2 saturated carbocycles. The van der Waals surface area contributed by atoms with E-state index in [1.807, 2.05) is 6.08 Å². The number of hydrogen-bond donors (Lipinski definition) is 1. The summed E-state index contributed by atoms with van der Waals surface area (Å²) in [7, 11) is 4.24. The maximum absolute atomic E-state index is 12.2. The molecule has 1 aromatic rings. The zero-order chi connectivity index (χ0) is 22.1. The smallest absolute Gasteiger partial charge is 0.156 e. The van der Waals surface area contributed by atoms with Crippen molar-refractivity contribution in [2.24, 2.45) is 17.3 Å². The fourth-order valence-electron chi connectivity index (χ4n) is 7.83. The quantitative estimate of drug-likeness (QED) is 0.675. The van der Waals surface area contributed by atoms with Crippen molar-refractivity contribution in [3.8, 4) is 0 Å². The molecule has 1 aromatic carbocycles. The van der Waals surface area contributed by atoms with E-state index in [1.54, 1.807) is 5.57 Å². The molecule has 31 heavy (non-hydrogen) atoms. The molecule has 0 aliphatic heterocycles. The van der Waals surface area contributed by atoms with E-state index in [2.05, 4.69) is 51.9 Å². The number of fused-ring (bicyclic) bond motifs is 4. The van der Waals surface area contributed by atoms with Crippen molar-refractivity contribution in [3.05, 3.63) is 51.6 Å². The van der Waals surface area contributed by atoms with Gasteiger partial charge in [-0.2, -0.15) is 0 Å². The van der Waals surface area contributed by atoms with Gasteiger partial charge in [-0.15, -0.1) is 0 Å². The molecule has 5 rings (SSSR count). The number of aliphatic hydroxyl groups is 1. The maximum atomic E-state index is 12.2. The van der Waals surface area contributed by atoms with E-state index in [4.69, 9.17) is 0 Å². The Morgan fingerprint density at radius 1 is 1.03 bits per heavy atom. The molecule has 4 aliphatic rings. The van der Waals surface area contributed by atoms with Crippen molar-refractivity contribution in [1.29, 1.82) is 0 Å². The SMILES string of the molecule is Cc1cc(C2CC3(C)C(O)CCC3C3CCC4=CC(=O)CCC4=C23)cc(C)c1N(C)C. The molecule has 0 saturated heterocycles. The van der Waals surface area contributed by atoms with Gasteiger partial charge in [0.25, 0.3) is 0 Å². The van der Waals surface area contributed by atoms with E-state index in [1.165, 1.54) is 33.5 Å². The molecule has 5 atom stereocenters. The van der Waals surface area contributed by atoms with Gasteiger partial charge in [0.15, 0.2) is 5.78 Å². The number of anilines is 1. The van der Waals surface area contributed by atoms with Gasteiger partial charge in [-0.3, -0.25) is 4.79 Å². The summed E-state index contributed by atoms with van der Waals surface area (Å²) in [6, 6.07) is 4.79. The Hall–Kier alpha value is -1.87. The summed E-state index contributed by atoms with van der Waals surface area (Å²) in [5.74, 6) is 1.77. The zero-order valence-corrected chi connectivity index (χ0v) is 19.8. The molecule has 0 radical (unpaired) electrons. The summed E-state index contributed by atoms with van der Waals surface area (Å²) in [4.78, 5) is 14.4. The van der Waals surface area contributed by atoms with E-state index >= 15 is 0 Å². The lowest BCUT2D eigenvalue weighted by Crippen LogP contribution is -2.45. The number of aryl methyl sites for hydroxylation is 2. The zero-order valence-electron chi connectivity index (χ0n) is 19.8. The van der Waals surface area contributed by atoms with Crippen molar-refractivity contribution in [1.82, 2.24) is 0 Å². The summed E-state index contributed by atoms with van der Waals surface area (Å²) >= 11 is 0. The molecule has 0 aromatic heterocycles. The van der Waals surface area contributed by atoms with Gasteiger partial charge in [0.1, 0.15) is 0 Å². The Kier molecular flexibility index (Phi) is 4.97. The molecule has 4 aliphatic carbocycles. The highest BCUT2D eigenvalue weighted by atomic mass is 16.3. The summed E-state index contributed by atoms with van der Waals surface area (Å²) in [6.07, 6.45) is 8.58. The first-order valence-corrected chi connectivity index (χ1v) is 12.1. The number of carbonyl (C=O) groups is 1.